The maximum absolute atomic E-state index is 13.6. The fraction of sp³-hybridized carbons (Fsp3) is 0.103. The van der Waals surface area contributed by atoms with Crippen LogP contribution in [0.2, 0.25) is 0 Å². The van der Waals surface area contributed by atoms with Gasteiger partial charge in [0.05, 0.1) is 24.0 Å². The number of hydrogen-bond donors (Lipinski definition) is 3. The third-order valence-corrected chi connectivity index (χ3v) is 7.53. The first-order valence-corrected chi connectivity index (χ1v) is 13.1. The highest BCUT2D eigenvalue weighted by Crippen LogP contribution is 2.32. The van der Waals surface area contributed by atoms with E-state index in [4.69, 9.17) is 4.74 Å². The lowest BCUT2D eigenvalue weighted by atomic mass is 10.1. The van der Waals surface area contributed by atoms with Crippen molar-refractivity contribution in [3.8, 4) is 11.4 Å². The number of amides is 2. The zero-order valence-electron chi connectivity index (χ0n) is 21.5. The highest BCUT2D eigenvalue weighted by atomic mass is 32.1. The largest absolute Gasteiger partial charge is 0.497 e. The number of aryl methyl sites for hydroxylation is 1. The summed E-state index contributed by atoms with van der Waals surface area (Å²) in [4.78, 5) is 38.6. The van der Waals surface area contributed by atoms with Crippen LogP contribution >= 0.6 is 11.3 Å². The Morgan fingerprint density at radius 1 is 1.05 bits per heavy atom. The van der Waals surface area contributed by atoms with Gasteiger partial charge in [-0.05, 0) is 55.0 Å². The van der Waals surface area contributed by atoms with Crippen LogP contribution in [-0.2, 0) is 6.67 Å². The molecule has 0 bridgehead atoms. The predicted molar refractivity (Wildman–Crippen MR) is 153 cm³/mol. The number of pyridine rings is 1. The number of imidazole rings is 1. The number of nitrogens with one attached hydrogen (secondary N) is 3. The minimum atomic E-state index is -0.691. The number of rotatable bonds is 7. The Morgan fingerprint density at radius 2 is 1.88 bits per heavy atom. The Bertz CT molecular complexity index is 1910. The van der Waals surface area contributed by atoms with Gasteiger partial charge >= 0.3 is 0 Å². The second kappa shape index (κ2) is 10.3. The molecule has 0 fully saturated rings. The van der Waals surface area contributed by atoms with Crippen molar-refractivity contribution < 1.29 is 18.7 Å². The number of aromatic nitrogens is 4. The molecule has 2 amide bonds. The van der Waals surface area contributed by atoms with Crippen LogP contribution in [0.1, 0.15) is 31.3 Å². The van der Waals surface area contributed by atoms with Gasteiger partial charge in [0, 0.05) is 62.8 Å². The van der Waals surface area contributed by atoms with E-state index in [1.807, 2.05) is 25.4 Å². The summed E-state index contributed by atoms with van der Waals surface area (Å²) >= 11 is 1.37. The van der Waals surface area contributed by atoms with Crippen LogP contribution in [0.3, 0.4) is 0 Å². The van der Waals surface area contributed by atoms with Crippen LogP contribution in [0.25, 0.3) is 26.8 Å². The molecule has 2 aromatic carbocycles. The Balaban J connectivity index is 1.26. The van der Waals surface area contributed by atoms with Crippen molar-refractivity contribution in [1.82, 2.24) is 19.5 Å². The summed E-state index contributed by atoms with van der Waals surface area (Å²) in [5, 5.41) is 7.52. The number of benzene rings is 2. The summed E-state index contributed by atoms with van der Waals surface area (Å²) in [6.07, 6.45) is 6.98. The maximum atomic E-state index is 13.6. The number of ether oxygens (including phenoxy) is 1. The number of methoxy groups -OCH3 is 1. The molecule has 0 saturated carbocycles. The number of hydrogen-bond acceptors (Lipinski definition) is 6. The average Bonchev–Trinajstić information content (AvgIpc) is 3.71. The van der Waals surface area contributed by atoms with Crippen molar-refractivity contribution in [1.29, 1.82) is 0 Å². The van der Waals surface area contributed by atoms with Crippen LogP contribution in [0.5, 0.6) is 5.75 Å². The minimum absolute atomic E-state index is 0.259. The van der Waals surface area contributed by atoms with E-state index >= 15 is 0 Å². The molecule has 0 aliphatic carbocycles. The third kappa shape index (κ3) is 4.90. The zero-order valence-corrected chi connectivity index (χ0v) is 22.3. The number of H-pyrrole nitrogens is 1. The smallest absolute Gasteiger partial charge is 0.265 e. The van der Waals surface area contributed by atoms with E-state index < -0.39 is 12.6 Å². The molecule has 0 spiro atoms. The van der Waals surface area contributed by atoms with Crippen LogP contribution in [0.4, 0.5) is 15.8 Å². The van der Waals surface area contributed by atoms with E-state index in [1.165, 1.54) is 18.4 Å². The second-order valence-corrected chi connectivity index (χ2v) is 10.2. The molecule has 4 aromatic heterocycles. The number of carbonyl (C=O) groups excluding carboxylic acids is 2. The van der Waals surface area contributed by atoms with Crippen molar-refractivity contribution in [2.24, 2.45) is 0 Å². The van der Waals surface area contributed by atoms with Crippen molar-refractivity contribution in [2.75, 3.05) is 17.7 Å². The molecule has 0 unspecified atom stereocenters. The van der Waals surface area contributed by atoms with Crippen LogP contribution in [0.15, 0.2) is 73.4 Å². The van der Waals surface area contributed by atoms with Gasteiger partial charge in [-0.1, -0.05) is 0 Å². The lowest BCUT2D eigenvalue weighted by Gasteiger charge is -2.12. The summed E-state index contributed by atoms with van der Waals surface area (Å²) in [7, 11) is 1.48. The van der Waals surface area contributed by atoms with Crippen LogP contribution in [-0.4, -0.2) is 38.4 Å². The Morgan fingerprint density at radius 3 is 2.65 bits per heavy atom. The fourth-order valence-corrected chi connectivity index (χ4v) is 5.51. The van der Waals surface area contributed by atoms with Crippen molar-refractivity contribution in [3.63, 3.8) is 0 Å². The monoisotopic (exact) mass is 554 g/mol. The van der Waals surface area contributed by atoms with Gasteiger partial charge in [-0.25, -0.2) is 14.4 Å². The van der Waals surface area contributed by atoms with Gasteiger partial charge in [0.1, 0.15) is 18.1 Å². The summed E-state index contributed by atoms with van der Waals surface area (Å²) in [5.74, 6) is -0.369. The average molecular weight is 555 g/mol. The van der Waals surface area contributed by atoms with Crippen molar-refractivity contribution in [3.05, 3.63) is 95.1 Å². The van der Waals surface area contributed by atoms with E-state index in [-0.39, 0.29) is 11.5 Å². The Labute approximate surface area is 231 Å². The van der Waals surface area contributed by atoms with Gasteiger partial charge in [0.15, 0.2) is 0 Å². The van der Waals surface area contributed by atoms with Gasteiger partial charge in [-0.3, -0.25) is 9.59 Å². The molecule has 0 aliphatic heterocycles. The van der Waals surface area contributed by atoms with Gasteiger partial charge in [-0.15, -0.1) is 11.3 Å². The lowest BCUT2D eigenvalue weighted by Crippen LogP contribution is -2.15. The quantitative estimate of drug-likeness (QED) is 0.216. The van der Waals surface area contributed by atoms with Gasteiger partial charge < -0.3 is 24.9 Å². The molecule has 6 aromatic rings. The molecule has 200 valence electrons. The predicted octanol–water partition coefficient (Wildman–Crippen LogP) is 6.25. The highest BCUT2D eigenvalue weighted by molar-refractivity contribution is 7.21. The van der Waals surface area contributed by atoms with E-state index in [9.17, 15) is 14.0 Å². The van der Waals surface area contributed by atoms with E-state index in [0.29, 0.717) is 33.3 Å². The van der Waals surface area contributed by atoms with Crippen molar-refractivity contribution >= 4 is 55.6 Å². The molecule has 0 saturated heterocycles. The highest BCUT2D eigenvalue weighted by Gasteiger charge is 2.16. The molecule has 0 radical (unpaired) electrons. The summed E-state index contributed by atoms with van der Waals surface area (Å²) in [6, 6.07) is 13.5. The minimum Gasteiger partial charge on any atom is -0.497 e. The number of nitrogens with zero attached hydrogens (tertiary/aromatic N) is 3. The molecular weight excluding hydrogens is 531 g/mol. The molecule has 40 heavy (non-hydrogen) atoms. The first-order valence-electron chi connectivity index (χ1n) is 12.3. The van der Waals surface area contributed by atoms with Gasteiger partial charge in [0.2, 0.25) is 0 Å². The van der Waals surface area contributed by atoms with Crippen LogP contribution < -0.4 is 15.4 Å². The number of aromatic amines is 1. The number of thiophene rings is 1. The number of halogens is 1. The molecule has 0 aliphatic rings. The number of anilines is 2. The first kappa shape index (κ1) is 25.3. The Kier molecular flexibility index (Phi) is 6.48. The summed E-state index contributed by atoms with van der Waals surface area (Å²) in [6.45, 7) is 1.17. The van der Waals surface area contributed by atoms with Gasteiger partial charge in [0.25, 0.3) is 11.8 Å². The molecule has 9 nitrogen and oxygen atoms in total. The molecule has 3 N–H and O–H groups in total. The molecular formula is C29H23FN6O3S. The molecule has 0 atom stereocenters. The van der Waals surface area contributed by atoms with E-state index in [1.54, 1.807) is 59.6 Å². The topological polar surface area (TPSA) is 114 Å². The van der Waals surface area contributed by atoms with Gasteiger partial charge in [-0.2, -0.15) is 0 Å². The second-order valence-electron chi connectivity index (χ2n) is 9.20. The maximum Gasteiger partial charge on any atom is 0.265 e. The molecule has 6 rings (SSSR count). The molecule has 4 heterocycles. The number of alkyl halides is 1. The van der Waals surface area contributed by atoms with E-state index in [2.05, 4.69) is 25.6 Å². The zero-order chi connectivity index (χ0) is 27.8. The molecule has 11 heteroatoms. The normalized spacial score (nSPS) is 11.2. The lowest BCUT2D eigenvalue weighted by molar-refractivity contribution is 0.101. The Hall–Kier alpha value is -5.03. The number of carbonyl (C=O) groups is 2. The van der Waals surface area contributed by atoms with Crippen LogP contribution in [0, 0.1) is 6.92 Å². The summed E-state index contributed by atoms with van der Waals surface area (Å²) < 4.78 is 21.7. The van der Waals surface area contributed by atoms with Crippen molar-refractivity contribution in [2.45, 2.75) is 13.6 Å². The first-order chi connectivity index (χ1) is 19.4. The van der Waals surface area contributed by atoms with E-state index in [0.717, 1.165) is 26.8 Å². The standard InChI is InChI=1S/C29H23FN6O3S/c1-16-14-36(15-33-16)22-6-17(12-30)5-20(10-22)34-28(37)18-7-21(11-23(8-18)39-2)35-29(38)25-9-19-13-32-27-24(3-4-31-27)26(19)40-25/h3-11,13-15H,12H2,1-2H3,(H,31,32)(H,34,37)(H,35,38). The number of fused-ring (bicyclic) bond motifs is 3. The SMILES string of the molecule is COc1cc(NC(=O)c2cc3cnc4[nH]ccc4c3s2)cc(C(=O)Nc2cc(CF)cc(-n3cnc(C)c3)c2)c1. The summed E-state index contributed by atoms with van der Waals surface area (Å²) in [5.41, 5.74) is 3.72. The fourth-order valence-electron chi connectivity index (χ4n) is 4.46. The third-order valence-electron chi connectivity index (χ3n) is 6.35.